The molecule has 0 aliphatic carbocycles. The molecule has 0 aliphatic heterocycles. The number of rotatable bonds is 8. The Balaban J connectivity index is 2.24. The Bertz CT molecular complexity index is 381. The molecular weight excluding hydrogens is 244 g/mol. The molecule has 0 saturated carbocycles. The largest absolute Gasteiger partial charge is 0.378 e. The van der Waals surface area contributed by atoms with Crippen LogP contribution in [0.4, 0.5) is 0 Å². The van der Waals surface area contributed by atoms with Gasteiger partial charge in [0.2, 0.25) is 0 Å². The fraction of sp³-hybridized carbons (Fsp3) is 0.467. The van der Waals surface area contributed by atoms with E-state index < -0.39 is 5.97 Å². The smallest absolute Gasteiger partial charge is 0.373 e. The minimum Gasteiger partial charge on any atom is -0.378 e. The van der Waals surface area contributed by atoms with Crippen molar-refractivity contribution in [3.63, 3.8) is 0 Å². The van der Waals surface area contributed by atoms with E-state index in [1.807, 2.05) is 19.9 Å². The predicted molar refractivity (Wildman–Crippen MR) is 72.4 cm³/mol. The summed E-state index contributed by atoms with van der Waals surface area (Å²) in [6, 6.07) is 5.51. The summed E-state index contributed by atoms with van der Waals surface area (Å²) in [4.78, 5) is 21.1. The van der Waals surface area contributed by atoms with E-state index in [1.165, 1.54) is 6.61 Å². The SMILES string of the molecule is CCCCOC[CH]OOC(=O)c1cc(C)cc(C)c1. The average molecular weight is 265 g/mol. The van der Waals surface area contributed by atoms with Gasteiger partial charge < -0.3 is 4.74 Å². The molecule has 0 aliphatic rings. The highest BCUT2D eigenvalue weighted by Crippen LogP contribution is 2.10. The molecule has 0 N–H and O–H groups in total. The lowest BCUT2D eigenvalue weighted by Gasteiger charge is -2.05. The zero-order valence-electron chi connectivity index (χ0n) is 11.8. The van der Waals surface area contributed by atoms with Gasteiger partial charge in [-0.15, -0.1) is 0 Å². The number of carbonyl (C=O) groups excluding carboxylic acids is 1. The zero-order valence-corrected chi connectivity index (χ0v) is 11.8. The molecule has 0 heterocycles. The minimum absolute atomic E-state index is 0.306. The summed E-state index contributed by atoms with van der Waals surface area (Å²) >= 11 is 0. The number of hydrogen-bond donors (Lipinski definition) is 0. The van der Waals surface area contributed by atoms with Gasteiger partial charge in [-0.3, -0.25) is 4.89 Å². The summed E-state index contributed by atoms with van der Waals surface area (Å²) < 4.78 is 5.23. The Morgan fingerprint density at radius 1 is 1.21 bits per heavy atom. The van der Waals surface area contributed by atoms with Crippen LogP contribution in [0, 0.1) is 20.5 Å². The quantitative estimate of drug-likeness (QED) is 0.410. The van der Waals surface area contributed by atoms with Gasteiger partial charge in [0.15, 0.2) is 6.61 Å². The van der Waals surface area contributed by atoms with Crippen molar-refractivity contribution in [1.82, 2.24) is 0 Å². The molecule has 1 aromatic rings. The van der Waals surface area contributed by atoms with E-state index in [9.17, 15) is 4.79 Å². The van der Waals surface area contributed by atoms with E-state index in [1.54, 1.807) is 12.1 Å². The summed E-state index contributed by atoms with van der Waals surface area (Å²) in [6.45, 7) is 8.27. The number of unbranched alkanes of at least 4 members (excludes halogenated alkanes) is 1. The number of aryl methyl sites for hydroxylation is 2. The summed E-state index contributed by atoms with van der Waals surface area (Å²) in [6.07, 6.45) is 2.10. The molecule has 0 aromatic heterocycles. The molecule has 0 fully saturated rings. The van der Waals surface area contributed by atoms with Gasteiger partial charge in [-0.05, 0) is 32.4 Å². The molecule has 1 radical (unpaired) electrons. The second kappa shape index (κ2) is 8.67. The maximum atomic E-state index is 11.7. The van der Waals surface area contributed by atoms with E-state index in [0.717, 1.165) is 24.0 Å². The van der Waals surface area contributed by atoms with Crippen molar-refractivity contribution in [3.05, 3.63) is 41.5 Å². The van der Waals surface area contributed by atoms with Gasteiger partial charge in [-0.1, -0.05) is 30.5 Å². The van der Waals surface area contributed by atoms with Crippen LogP contribution in [-0.4, -0.2) is 19.2 Å². The molecule has 4 heteroatoms. The summed E-state index contributed by atoms with van der Waals surface area (Å²) in [5.41, 5.74) is 2.51. The van der Waals surface area contributed by atoms with Crippen LogP contribution in [0.1, 0.15) is 41.3 Å². The van der Waals surface area contributed by atoms with Crippen LogP contribution in [0.15, 0.2) is 18.2 Å². The maximum absolute atomic E-state index is 11.7. The molecular formula is C15H21O4. The summed E-state index contributed by atoms with van der Waals surface area (Å²) in [5.74, 6) is -0.503. The highest BCUT2D eigenvalue weighted by atomic mass is 17.2. The lowest BCUT2D eigenvalue weighted by atomic mass is 10.1. The lowest BCUT2D eigenvalue weighted by molar-refractivity contribution is -0.218. The first kappa shape index (κ1) is 15.7. The highest BCUT2D eigenvalue weighted by Gasteiger charge is 2.09. The fourth-order valence-electron chi connectivity index (χ4n) is 1.62. The monoisotopic (exact) mass is 265 g/mol. The van der Waals surface area contributed by atoms with E-state index >= 15 is 0 Å². The van der Waals surface area contributed by atoms with Gasteiger partial charge in [-0.25, -0.2) is 4.79 Å². The van der Waals surface area contributed by atoms with Crippen LogP contribution in [0.5, 0.6) is 0 Å². The molecule has 0 atom stereocenters. The van der Waals surface area contributed by atoms with Gasteiger partial charge in [0.05, 0.1) is 12.2 Å². The fourth-order valence-corrected chi connectivity index (χ4v) is 1.62. The van der Waals surface area contributed by atoms with Crippen LogP contribution in [0.3, 0.4) is 0 Å². The standard InChI is InChI=1S/C15H21O4/c1-4-5-6-17-7-8-18-19-15(16)14-10-12(2)9-13(3)11-14/h8-11H,4-7H2,1-3H3. The Morgan fingerprint density at radius 2 is 1.89 bits per heavy atom. The van der Waals surface area contributed by atoms with Crippen molar-refractivity contribution < 1.29 is 19.3 Å². The van der Waals surface area contributed by atoms with Crippen molar-refractivity contribution in [3.8, 4) is 0 Å². The first-order valence-electron chi connectivity index (χ1n) is 6.49. The van der Waals surface area contributed by atoms with E-state index in [0.29, 0.717) is 18.8 Å². The zero-order chi connectivity index (χ0) is 14.1. The Hall–Kier alpha value is -1.39. The number of carbonyl (C=O) groups is 1. The molecule has 0 amide bonds. The molecule has 4 nitrogen and oxygen atoms in total. The maximum Gasteiger partial charge on any atom is 0.373 e. The normalized spacial score (nSPS) is 10.5. The van der Waals surface area contributed by atoms with Crippen LogP contribution < -0.4 is 0 Å². The predicted octanol–water partition coefficient (Wildman–Crippen LogP) is 3.37. The van der Waals surface area contributed by atoms with E-state index in [-0.39, 0.29) is 0 Å². The third kappa shape index (κ3) is 6.36. The van der Waals surface area contributed by atoms with Crippen molar-refractivity contribution in [2.75, 3.05) is 13.2 Å². The van der Waals surface area contributed by atoms with Gasteiger partial charge in [0, 0.05) is 6.61 Å². The molecule has 1 rings (SSSR count). The van der Waals surface area contributed by atoms with Crippen LogP contribution >= 0.6 is 0 Å². The third-order valence-corrected chi connectivity index (χ3v) is 2.48. The lowest BCUT2D eigenvalue weighted by Crippen LogP contribution is -2.08. The second-order valence-electron chi connectivity index (χ2n) is 4.44. The number of ether oxygens (including phenoxy) is 1. The van der Waals surface area contributed by atoms with Gasteiger partial charge in [0.25, 0.3) is 0 Å². The molecule has 0 spiro atoms. The van der Waals surface area contributed by atoms with E-state index in [4.69, 9.17) is 9.62 Å². The molecule has 19 heavy (non-hydrogen) atoms. The molecule has 0 bridgehead atoms. The van der Waals surface area contributed by atoms with Gasteiger partial charge in [-0.2, -0.15) is 4.89 Å². The van der Waals surface area contributed by atoms with Crippen LogP contribution in [0.2, 0.25) is 0 Å². The Labute approximate surface area is 114 Å². The molecule has 1 aromatic carbocycles. The molecule has 0 saturated heterocycles. The van der Waals surface area contributed by atoms with Crippen molar-refractivity contribution in [1.29, 1.82) is 0 Å². The Morgan fingerprint density at radius 3 is 2.53 bits per heavy atom. The van der Waals surface area contributed by atoms with Crippen molar-refractivity contribution in [2.45, 2.75) is 33.6 Å². The topological polar surface area (TPSA) is 44.8 Å². The second-order valence-corrected chi connectivity index (χ2v) is 4.44. The summed E-state index contributed by atoms with van der Waals surface area (Å²) in [5, 5.41) is 0. The van der Waals surface area contributed by atoms with Crippen LogP contribution in [0.25, 0.3) is 0 Å². The number of benzene rings is 1. The van der Waals surface area contributed by atoms with Crippen molar-refractivity contribution >= 4 is 5.97 Å². The molecule has 0 unspecified atom stereocenters. The van der Waals surface area contributed by atoms with Gasteiger partial charge >= 0.3 is 5.97 Å². The van der Waals surface area contributed by atoms with E-state index in [2.05, 4.69) is 11.8 Å². The average Bonchev–Trinajstić information content (AvgIpc) is 2.36. The number of hydrogen-bond acceptors (Lipinski definition) is 4. The highest BCUT2D eigenvalue weighted by molar-refractivity contribution is 5.89. The summed E-state index contributed by atoms with van der Waals surface area (Å²) in [7, 11) is 0. The first-order chi connectivity index (χ1) is 9.13. The van der Waals surface area contributed by atoms with Crippen molar-refractivity contribution in [2.24, 2.45) is 0 Å². The third-order valence-electron chi connectivity index (χ3n) is 2.48. The van der Waals surface area contributed by atoms with Gasteiger partial charge in [0.1, 0.15) is 0 Å². The first-order valence-corrected chi connectivity index (χ1v) is 6.49. The molecule has 105 valence electrons. The minimum atomic E-state index is -0.503. The Kier molecular flexibility index (Phi) is 7.15. The van der Waals surface area contributed by atoms with Crippen LogP contribution in [-0.2, 0) is 14.5 Å².